The third kappa shape index (κ3) is 3.64. The highest BCUT2D eigenvalue weighted by atomic mass is 32.2. The van der Waals surface area contributed by atoms with E-state index in [1.807, 2.05) is 30.5 Å². The summed E-state index contributed by atoms with van der Waals surface area (Å²) in [5, 5.41) is 0. The lowest BCUT2D eigenvalue weighted by molar-refractivity contribution is 1.33. The van der Waals surface area contributed by atoms with E-state index in [9.17, 15) is 0 Å². The second-order valence-electron chi connectivity index (χ2n) is 4.82. The van der Waals surface area contributed by atoms with Crippen LogP contribution >= 0.6 is 11.9 Å². The predicted octanol–water partition coefficient (Wildman–Crippen LogP) is 5.18. The molecule has 2 aromatic carbocycles. The Morgan fingerprint density at radius 2 is 1.57 bits per heavy atom. The number of anilines is 1. The summed E-state index contributed by atoms with van der Waals surface area (Å²) in [7, 11) is 0. The summed E-state index contributed by atoms with van der Waals surface area (Å²) in [6.07, 6.45) is 1.90. The first-order valence-electron chi connectivity index (χ1n) is 6.82. The van der Waals surface area contributed by atoms with Crippen LogP contribution in [-0.2, 0) is 0 Å². The smallest absolute Gasteiger partial charge is 0.136 e. The van der Waals surface area contributed by atoms with E-state index in [1.54, 1.807) is 11.9 Å². The molecule has 0 fully saturated rings. The van der Waals surface area contributed by atoms with Gasteiger partial charge < -0.3 is 4.72 Å². The Hall–Kier alpha value is -2.26. The van der Waals surface area contributed by atoms with Gasteiger partial charge in [-0.25, -0.2) is 4.98 Å². The largest absolute Gasteiger partial charge is 0.310 e. The fourth-order valence-corrected chi connectivity index (χ4v) is 2.59. The molecule has 0 spiro atoms. The first-order valence-corrected chi connectivity index (χ1v) is 7.64. The summed E-state index contributed by atoms with van der Waals surface area (Å²) in [4.78, 5) is 5.63. The SMILES string of the molecule is Cc1ccc(SNc2ccc(-c3ccccc3)cn2)cc1. The molecular weight excluding hydrogens is 276 g/mol. The fraction of sp³-hybridized carbons (Fsp3) is 0.0556. The topological polar surface area (TPSA) is 24.9 Å². The molecule has 0 radical (unpaired) electrons. The molecule has 0 amide bonds. The highest BCUT2D eigenvalue weighted by Crippen LogP contribution is 2.23. The molecule has 21 heavy (non-hydrogen) atoms. The molecule has 1 aromatic heterocycles. The van der Waals surface area contributed by atoms with E-state index in [4.69, 9.17) is 0 Å². The molecule has 3 aromatic rings. The molecule has 1 heterocycles. The maximum absolute atomic E-state index is 4.46. The van der Waals surface area contributed by atoms with Gasteiger partial charge in [0.05, 0.1) is 0 Å². The Morgan fingerprint density at radius 3 is 2.24 bits per heavy atom. The Labute approximate surface area is 129 Å². The summed E-state index contributed by atoms with van der Waals surface area (Å²) < 4.78 is 3.26. The van der Waals surface area contributed by atoms with E-state index in [-0.39, 0.29) is 0 Å². The van der Waals surface area contributed by atoms with Gasteiger partial charge in [0.25, 0.3) is 0 Å². The predicted molar refractivity (Wildman–Crippen MR) is 90.3 cm³/mol. The molecule has 104 valence electrons. The fourth-order valence-electron chi connectivity index (χ4n) is 1.97. The van der Waals surface area contributed by atoms with Gasteiger partial charge in [0.15, 0.2) is 0 Å². The maximum atomic E-state index is 4.46. The summed E-state index contributed by atoms with van der Waals surface area (Å²) in [6, 6.07) is 22.8. The monoisotopic (exact) mass is 292 g/mol. The molecule has 1 N–H and O–H groups in total. The Kier molecular flexibility index (Phi) is 4.22. The molecule has 0 saturated carbocycles. The maximum Gasteiger partial charge on any atom is 0.136 e. The second kappa shape index (κ2) is 6.46. The number of pyridine rings is 1. The molecule has 0 saturated heterocycles. The van der Waals surface area contributed by atoms with Crippen LogP contribution in [0.25, 0.3) is 11.1 Å². The molecule has 0 unspecified atom stereocenters. The van der Waals surface area contributed by atoms with E-state index >= 15 is 0 Å². The lowest BCUT2D eigenvalue weighted by atomic mass is 10.1. The zero-order chi connectivity index (χ0) is 14.5. The van der Waals surface area contributed by atoms with Crippen LogP contribution in [0.3, 0.4) is 0 Å². The van der Waals surface area contributed by atoms with Crippen LogP contribution < -0.4 is 4.72 Å². The van der Waals surface area contributed by atoms with Crippen LogP contribution in [0.5, 0.6) is 0 Å². The summed E-state index contributed by atoms with van der Waals surface area (Å²) >= 11 is 1.57. The van der Waals surface area contributed by atoms with Crippen molar-refractivity contribution >= 4 is 17.8 Å². The number of aryl methyl sites for hydroxylation is 1. The van der Waals surface area contributed by atoms with E-state index in [2.05, 4.69) is 59.1 Å². The highest BCUT2D eigenvalue weighted by molar-refractivity contribution is 8.00. The molecule has 3 heteroatoms. The minimum absolute atomic E-state index is 0.861. The number of aromatic nitrogens is 1. The van der Waals surface area contributed by atoms with Gasteiger partial charge in [0.2, 0.25) is 0 Å². The first-order chi connectivity index (χ1) is 10.3. The molecule has 0 aliphatic rings. The van der Waals surface area contributed by atoms with E-state index in [1.165, 1.54) is 16.0 Å². The van der Waals surface area contributed by atoms with E-state index < -0.39 is 0 Å². The lowest BCUT2D eigenvalue weighted by Crippen LogP contribution is -1.90. The standard InChI is InChI=1S/C18H16N2S/c1-14-7-10-17(11-8-14)21-20-18-12-9-16(13-19-18)15-5-3-2-4-6-15/h2-13H,1H3,(H,19,20). The van der Waals surface area contributed by atoms with Crippen molar-refractivity contribution in [1.82, 2.24) is 4.98 Å². The van der Waals surface area contributed by atoms with Crippen LogP contribution in [-0.4, -0.2) is 4.98 Å². The van der Waals surface area contributed by atoms with Crippen LogP contribution in [0.2, 0.25) is 0 Å². The van der Waals surface area contributed by atoms with Gasteiger partial charge in [0, 0.05) is 16.7 Å². The van der Waals surface area contributed by atoms with Crippen molar-refractivity contribution in [2.45, 2.75) is 11.8 Å². The Balaban J connectivity index is 1.66. The van der Waals surface area contributed by atoms with Gasteiger partial charge in [-0.05, 0) is 48.7 Å². The number of hydrogen-bond acceptors (Lipinski definition) is 3. The van der Waals surface area contributed by atoms with Crippen LogP contribution in [0, 0.1) is 6.92 Å². The van der Waals surface area contributed by atoms with Crippen molar-refractivity contribution in [1.29, 1.82) is 0 Å². The van der Waals surface area contributed by atoms with Crippen LogP contribution in [0.15, 0.2) is 77.8 Å². The normalized spacial score (nSPS) is 10.3. The first kappa shape index (κ1) is 13.7. The molecule has 0 bridgehead atoms. The van der Waals surface area contributed by atoms with Gasteiger partial charge in [-0.3, -0.25) is 0 Å². The van der Waals surface area contributed by atoms with Gasteiger partial charge in [-0.1, -0.05) is 48.0 Å². The van der Waals surface area contributed by atoms with Crippen LogP contribution in [0.1, 0.15) is 5.56 Å². The van der Waals surface area contributed by atoms with Gasteiger partial charge in [0.1, 0.15) is 5.82 Å². The van der Waals surface area contributed by atoms with Crippen molar-refractivity contribution in [3.8, 4) is 11.1 Å². The minimum Gasteiger partial charge on any atom is -0.310 e. The van der Waals surface area contributed by atoms with Crippen molar-refractivity contribution in [2.75, 3.05) is 4.72 Å². The molecule has 2 nitrogen and oxygen atoms in total. The van der Waals surface area contributed by atoms with Crippen molar-refractivity contribution in [3.05, 3.63) is 78.5 Å². The van der Waals surface area contributed by atoms with Crippen LogP contribution in [0.4, 0.5) is 5.82 Å². The quantitative estimate of drug-likeness (QED) is 0.671. The Bertz CT molecular complexity index is 692. The molecule has 0 aliphatic heterocycles. The number of rotatable bonds is 4. The molecular formula is C18H16N2S. The highest BCUT2D eigenvalue weighted by Gasteiger charge is 1.99. The zero-order valence-electron chi connectivity index (χ0n) is 11.8. The average Bonchev–Trinajstić information content (AvgIpc) is 2.56. The van der Waals surface area contributed by atoms with Gasteiger partial charge in [-0.2, -0.15) is 0 Å². The third-order valence-corrected chi connectivity index (χ3v) is 3.98. The summed E-state index contributed by atoms with van der Waals surface area (Å²) in [5.41, 5.74) is 3.58. The number of nitrogens with zero attached hydrogens (tertiary/aromatic N) is 1. The van der Waals surface area contributed by atoms with Crippen molar-refractivity contribution < 1.29 is 0 Å². The molecule has 0 atom stereocenters. The second-order valence-corrected chi connectivity index (χ2v) is 5.69. The number of hydrogen-bond donors (Lipinski definition) is 1. The average molecular weight is 292 g/mol. The zero-order valence-corrected chi connectivity index (χ0v) is 12.6. The van der Waals surface area contributed by atoms with E-state index in [0.29, 0.717) is 0 Å². The van der Waals surface area contributed by atoms with Crippen molar-refractivity contribution in [2.24, 2.45) is 0 Å². The molecule has 0 aliphatic carbocycles. The lowest BCUT2D eigenvalue weighted by Gasteiger charge is -2.06. The van der Waals surface area contributed by atoms with Crippen molar-refractivity contribution in [3.63, 3.8) is 0 Å². The minimum atomic E-state index is 0.861. The summed E-state index contributed by atoms with van der Waals surface area (Å²) in [5.74, 6) is 0.861. The molecule has 3 rings (SSSR count). The Morgan fingerprint density at radius 1 is 0.810 bits per heavy atom. The number of nitrogens with one attached hydrogen (secondary N) is 1. The van der Waals surface area contributed by atoms with Gasteiger partial charge >= 0.3 is 0 Å². The number of benzene rings is 2. The third-order valence-electron chi connectivity index (χ3n) is 3.17. The van der Waals surface area contributed by atoms with E-state index in [0.717, 1.165) is 11.4 Å². The van der Waals surface area contributed by atoms with Gasteiger partial charge in [-0.15, -0.1) is 0 Å². The summed E-state index contributed by atoms with van der Waals surface area (Å²) in [6.45, 7) is 2.09.